The first-order chi connectivity index (χ1) is 12.1. The van der Waals surface area contributed by atoms with E-state index < -0.39 is 23.5 Å². The van der Waals surface area contributed by atoms with Crippen molar-refractivity contribution in [2.45, 2.75) is 64.6 Å². The zero-order valence-electron chi connectivity index (χ0n) is 16.1. The van der Waals surface area contributed by atoms with E-state index in [1.54, 1.807) is 11.9 Å². The number of aldehydes is 1. The SMILES string of the molecule is CN(C(=O)CNC(=O)NC(C(=O)N1CCCC1C=O)C(C)(C)C)C1CC1. The molecule has 0 spiro atoms. The lowest BCUT2D eigenvalue weighted by atomic mass is 9.85. The minimum absolute atomic E-state index is 0.107. The summed E-state index contributed by atoms with van der Waals surface area (Å²) in [5.74, 6) is -0.412. The highest BCUT2D eigenvalue weighted by molar-refractivity contribution is 5.91. The number of hydrogen-bond acceptors (Lipinski definition) is 4. The van der Waals surface area contributed by atoms with Crippen LogP contribution in [0.25, 0.3) is 0 Å². The minimum Gasteiger partial charge on any atom is -0.341 e. The van der Waals surface area contributed by atoms with Gasteiger partial charge in [-0.05, 0) is 31.1 Å². The minimum atomic E-state index is -0.778. The molecule has 1 heterocycles. The Kier molecular flexibility index (Phi) is 6.26. The summed E-state index contributed by atoms with van der Waals surface area (Å²) in [7, 11) is 1.73. The Morgan fingerprint density at radius 2 is 1.88 bits per heavy atom. The lowest BCUT2D eigenvalue weighted by Gasteiger charge is -2.34. The molecule has 1 aliphatic carbocycles. The molecule has 8 heteroatoms. The Hall–Kier alpha value is -2.12. The fourth-order valence-electron chi connectivity index (χ4n) is 3.15. The van der Waals surface area contributed by atoms with Gasteiger partial charge in [0.1, 0.15) is 12.3 Å². The first kappa shape index (κ1) is 20.2. The number of amides is 4. The standard InChI is InChI=1S/C18H30N4O4/c1-18(2,3)15(16(25)22-9-5-6-13(22)11-23)20-17(26)19-10-14(24)21(4)12-7-8-12/h11-13,15H,5-10H2,1-4H3,(H2,19,20,26). The summed E-state index contributed by atoms with van der Waals surface area (Å²) in [5, 5.41) is 5.23. The van der Waals surface area contributed by atoms with Crippen molar-refractivity contribution in [1.82, 2.24) is 20.4 Å². The number of urea groups is 1. The maximum Gasteiger partial charge on any atom is 0.315 e. The highest BCUT2D eigenvalue weighted by Gasteiger charge is 2.39. The van der Waals surface area contributed by atoms with Gasteiger partial charge in [-0.25, -0.2) is 4.79 Å². The molecular weight excluding hydrogens is 336 g/mol. The van der Waals surface area contributed by atoms with Crippen molar-refractivity contribution in [2.24, 2.45) is 5.41 Å². The van der Waals surface area contributed by atoms with Gasteiger partial charge in [0.05, 0.1) is 12.6 Å². The van der Waals surface area contributed by atoms with Crippen molar-refractivity contribution in [1.29, 1.82) is 0 Å². The monoisotopic (exact) mass is 366 g/mol. The second-order valence-electron chi connectivity index (χ2n) is 8.24. The van der Waals surface area contributed by atoms with Crippen LogP contribution in [-0.2, 0) is 14.4 Å². The molecule has 2 aliphatic rings. The summed E-state index contributed by atoms with van der Waals surface area (Å²) in [6, 6.07) is -1.48. The Bertz CT molecular complexity index is 568. The summed E-state index contributed by atoms with van der Waals surface area (Å²) in [4.78, 5) is 51.5. The first-order valence-corrected chi connectivity index (χ1v) is 9.21. The van der Waals surface area contributed by atoms with Crippen LogP contribution in [-0.4, -0.2) is 72.2 Å². The van der Waals surface area contributed by atoms with Gasteiger partial charge in [-0.15, -0.1) is 0 Å². The molecule has 2 unspecified atom stereocenters. The predicted molar refractivity (Wildman–Crippen MR) is 96.4 cm³/mol. The van der Waals surface area contributed by atoms with Gasteiger partial charge in [0.2, 0.25) is 11.8 Å². The van der Waals surface area contributed by atoms with E-state index in [4.69, 9.17) is 0 Å². The normalized spacial score (nSPS) is 21.1. The second-order valence-corrected chi connectivity index (χ2v) is 8.24. The number of rotatable bonds is 6. The lowest BCUT2D eigenvalue weighted by Crippen LogP contribution is -2.58. The van der Waals surface area contributed by atoms with Crippen LogP contribution in [0.3, 0.4) is 0 Å². The van der Waals surface area contributed by atoms with Crippen molar-refractivity contribution in [2.75, 3.05) is 20.1 Å². The molecule has 0 bridgehead atoms. The third-order valence-corrected chi connectivity index (χ3v) is 5.02. The van der Waals surface area contributed by atoms with Gasteiger partial charge in [0.25, 0.3) is 0 Å². The Morgan fingerprint density at radius 1 is 1.23 bits per heavy atom. The summed E-state index contributed by atoms with van der Waals surface area (Å²) in [6.07, 6.45) is 4.23. The van der Waals surface area contributed by atoms with E-state index in [2.05, 4.69) is 10.6 Å². The van der Waals surface area contributed by atoms with E-state index in [1.807, 2.05) is 20.8 Å². The van der Waals surface area contributed by atoms with E-state index >= 15 is 0 Å². The van der Waals surface area contributed by atoms with Gasteiger partial charge in [0, 0.05) is 19.6 Å². The molecule has 0 aromatic carbocycles. The fourth-order valence-corrected chi connectivity index (χ4v) is 3.15. The van der Waals surface area contributed by atoms with Crippen LogP contribution >= 0.6 is 0 Å². The van der Waals surface area contributed by atoms with Crippen molar-refractivity contribution in [3.8, 4) is 0 Å². The number of nitrogens with one attached hydrogen (secondary N) is 2. The number of likely N-dealkylation sites (tertiary alicyclic amines) is 1. The summed E-state index contributed by atoms with van der Waals surface area (Å²) < 4.78 is 0. The molecule has 0 aromatic heterocycles. The molecule has 2 atom stereocenters. The molecule has 2 rings (SSSR count). The molecule has 0 radical (unpaired) electrons. The van der Waals surface area contributed by atoms with Crippen molar-refractivity contribution in [3.63, 3.8) is 0 Å². The summed E-state index contributed by atoms with van der Waals surface area (Å²) in [6.45, 7) is 5.98. The van der Waals surface area contributed by atoms with Crippen LogP contribution in [0.1, 0.15) is 46.5 Å². The van der Waals surface area contributed by atoms with Crippen LogP contribution in [0, 0.1) is 5.41 Å². The number of carbonyl (C=O) groups excluding carboxylic acids is 4. The number of nitrogens with zero attached hydrogens (tertiary/aromatic N) is 2. The number of carbonyl (C=O) groups is 4. The average molecular weight is 366 g/mol. The maximum atomic E-state index is 12.9. The highest BCUT2D eigenvalue weighted by Crippen LogP contribution is 2.26. The second kappa shape index (κ2) is 8.05. The molecule has 2 N–H and O–H groups in total. The average Bonchev–Trinajstić information content (AvgIpc) is 3.32. The molecule has 146 valence electrons. The van der Waals surface area contributed by atoms with Crippen molar-refractivity contribution < 1.29 is 19.2 Å². The summed E-state index contributed by atoms with van der Waals surface area (Å²) in [5.41, 5.74) is -0.529. The van der Waals surface area contributed by atoms with E-state index in [0.29, 0.717) is 13.0 Å². The molecule has 26 heavy (non-hydrogen) atoms. The largest absolute Gasteiger partial charge is 0.341 e. The Morgan fingerprint density at radius 3 is 2.42 bits per heavy atom. The Labute approximate surface area is 154 Å². The van der Waals surface area contributed by atoms with Crippen molar-refractivity contribution in [3.05, 3.63) is 0 Å². The fraction of sp³-hybridized carbons (Fsp3) is 0.778. The van der Waals surface area contributed by atoms with Gasteiger partial charge in [0.15, 0.2) is 0 Å². The van der Waals surface area contributed by atoms with Gasteiger partial charge in [-0.1, -0.05) is 20.8 Å². The molecule has 0 aromatic rings. The lowest BCUT2D eigenvalue weighted by molar-refractivity contribution is -0.138. The molecular formula is C18H30N4O4. The highest BCUT2D eigenvalue weighted by atomic mass is 16.2. The van der Waals surface area contributed by atoms with Gasteiger partial charge < -0.3 is 25.2 Å². The molecule has 1 saturated heterocycles. The van der Waals surface area contributed by atoms with E-state index in [9.17, 15) is 19.2 Å². The first-order valence-electron chi connectivity index (χ1n) is 9.21. The summed E-state index contributed by atoms with van der Waals surface area (Å²) >= 11 is 0. The smallest absolute Gasteiger partial charge is 0.315 e. The van der Waals surface area contributed by atoms with Crippen LogP contribution in [0.5, 0.6) is 0 Å². The maximum absolute atomic E-state index is 12.9. The molecule has 1 aliphatic heterocycles. The third kappa shape index (κ3) is 4.95. The van der Waals surface area contributed by atoms with Crippen molar-refractivity contribution >= 4 is 24.1 Å². The topological polar surface area (TPSA) is 98.8 Å². The predicted octanol–water partition coefficient (Wildman–Crippen LogP) is 0.511. The zero-order valence-corrected chi connectivity index (χ0v) is 16.1. The van der Waals surface area contributed by atoms with E-state index in [1.165, 1.54) is 4.90 Å². The molecule has 4 amide bonds. The third-order valence-electron chi connectivity index (χ3n) is 5.02. The van der Waals surface area contributed by atoms with Gasteiger partial charge in [-0.2, -0.15) is 0 Å². The van der Waals surface area contributed by atoms with Crippen LogP contribution in [0.2, 0.25) is 0 Å². The van der Waals surface area contributed by atoms with Gasteiger partial charge >= 0.3 is 6.03 Å². The van der Waals surface area contributed by atoms with Crippen LogP contribution in [0.15, 0.2) is 0 Å². The van der Waals surface area contributed by atoms with Crippen LogP contribution < -0.4 is 10.6 Å². The van der Waals surface area contributed by atoms with Crippen LogP contribution in [0.4, 0.5) is 4.79 Å². The van der Waals surface area contributed by atoms with Gasteiger partial charge in [-0.3, -0.25) is 9.59 Å². The molecule has 1 saturated carbocycles. The zero-order chi connectivity index (χ0) is 19.5. The molecule has 2 fully saturated rings. The number of likely N-dealkylation sites (N-methyl/N-ethyl adjacent to an activating group) is 1. The van der Waals surface area contributed by atoms with E-state index in [-0.39, 0.29) is 24.4 Å². The Balaban J connectivity index is 1.94. The number of hydrogen-bond donors (Lipinski definition) is 2. The van der Waals surface area contributed by atoms with E-state index in [0.717, 1.165) is 25.5 Å². The quantitative estimate of drug-likeness (QED) is 0.669. The molecule has 8 nitrogen and oxygen atoms in total.